The molecule has 1 aliphatic heterocycles. The van der Waals surface area contributed by atoms with Crippen molar-refractivity contribution < 1.29 is 33.8 Å². The van der Waals surface area contributed by atoms with Crippen LogP contribution in [0.1, 0.15) is 84.1 Å². The van der Waals surface area contributed by atoms with E-state index in [1.54, 1.807) is 44.5 Å². The zero-order chi connectivity index (χ0) is 38.0. The van der Waals surface area contributed by atoms with Gasteiger partial charge in [0.2, 0.25) is 23.6 Å². The Morgan fingerprint density at radius 2 is 1.51 bits per heavy atom. The molecule has 3 rings (SSSR count). The van der Waals surface area contributed by atoms with Crippen molar-refractivity contribution in [3.63, 3.8) is 0 Å². The summed E-state index contributed by atoms with van der Waals surface area (Å²) in [7, 11) is 4.71. The second kappa shape index (κ2) is 18.6. The molecule has 0 saturated carbocycles. The minimum absolute atomic E-state index is 0.0456. The van der Waals surface area contributed by atoms with Crippen LogP contribution in [0.15, 0.2) is 60.7 Å². The molecule has 2 aromatic rings. The Hall–Kier alpha value is -3.84. The molecule has 0 aliphatic carbocycles. The molecule has 4 amide bonds. The fraction of sp³-hybridized carbons (Fsp3) is 0.590. The first-order valence-corrected chi connectivity index (χ1v) is 17.8. The number of methoxy groups -OCH3 is 2. The minimum atomic E-state index is -1.18. The molecule has 1 saturated heterocycles. The first-order valence-electron chi connectivity index (χ1n) is 17.8. The summed E-state index contributed by atoms with van der Waals surface area (Å²) in [5.41, 5.74) is 6.32. The average molecular weight is 710 g/mol. The number of ether oxygens (including phenoxy) is 2. The summed E-state index contributed by atoms with van der Waals surface area (Å²) in [6, 6.07) is 16.1. The van der Waals surface area contributed by atoms with Crippen molar-refractivity contribution in [1.29, 1.82) is 0 Å². The van der Waals surface area contributed by atoms with Gasteiger partial charge in [-0.05, 0) is 50.7 Å². The molecule has 0 spiro atoms. The van der Waals surface area contributed by atoms with E-state index in [1.165, 1.54) is 14.2 Å². The molecule has 8 atom stereocenters. The maximum Gasteiger partial charge on any atom is 0.245 e. The lowest BCUT2D eigenvalue weighted by atomic mass is 9.92. The molecular formula is C39H59N5O7. The van der Waals surface area contributed by atoms with Crippen molar-refractivity contribution in [3.8, 4) is 0 Å². The van der Waals surface area contributed by atoms with Gasteiger partial charge < -0.3 is 40.7 Å². The normalized spacial score (nSPS) is 19.0. The maximum atomic E-state index is 14.2. The molecule has 51 heavy (non-hydrogen) atoms. The van der Waals surface area contributed by atoms with Crippen LogP contribution in [0, 0.1) is 11.8 Å². The number of aliphatic hydroxyl groups excluding tert-OH is 1. The molecular weight excluding hydrogens is 650 g/mol. The van der Waals surface area contributed by atoms with E-state index in [-0.39, 0.29) is 36.1 Å². The third kappa shape index (κ3) is 10.6. The molecule has 2 aromatic carbocycles. The predicted molar refractivity (Wildman–Crippen MR) is 196 cm³/mol. The molecule has 0 unspecified atom stereocenters. The van der Waals surface area contributed by atoms with Gasteiger partial charge in [-0.3, -0.25) is 19.2 Å². The number of nitrogens with zero attached hydrogens (tertiary/aromatic N) is 2. The van der Waals surface area contributed by atoms with E-state index in [4.69, 9.17) is 15.2 Å². The topological polar surface area (TPSA) is 164 Å². The number of nitrogens with one attached hydrogen (secondary N) is 2. The number of nitrogens with two attached hydrogens (primary N) is 1. The Bertz CT molecular complexity index is 1430. The Morgan fingerprint density at radius 3 is 2.02 bits per heavy atom. The second-order valence-electron chi connectivity index (χ2n) is 14.6. The van der Waals surface area contributed by atoms with Crippen LogP contribution in [0.4, 0.5) is 0 Å². The van der Waals surface area contributed by atoms with Gasteiger partial charge in [0.15, 0.2) is 0 Å². The molecule has 12 nitrogen and oxygen atoms in total. The smallest absolute Gasteiger partial charge is 0.245 e. The fourth-order valence-corrected chi connectivity index (χ4v) is 6.81. The van der Waals surface area contributed by atoms with E-state index in [0.717, 1.165) is 12.0 Å². The van der Waals surface area contributed by atoms with Gasteiger partial charge in [-0.2, -0.15) is 0 Å². The maximum absolute atomic E-state index is 14.2. The van der Waals surface area contributed by atoms with Crippen LogP contribution in [0.25, 0.3) is 0 Å². The van der Waals surface area contributed by atoms with Gasteiger partial charge in [-0.25, -0.2) is 0 Å². The number of benzene rings is 2. The SMILES string of the molecule is CO[C@H]([C@@H](C)C(=O)N[C@H](C)[C@@H](O)c1ccccc1)[C@@H]1CCCN1C(=O)C[C@@H](OC)[C@H](c1ccccc1)N(C)C(=O)[C@@H](NC(=O)C(C)(C)N)C(C)C. The zero-order valence-electron chi connectivity index (χ0n) is 31.7. The molecule has 12 heteroatoms. The first kappa shape index (κ1) is 41.6. The molecule has 1 fully saturated rings. The highest BCUT2D eigenvalue weighted by Crippen LogP contribution is 2.32. The highest BCUT2D eigenvalue weighted by molar-refractivity contribution is 5.91. The number of likely N-dealkylation sites (N-methyl/N-ethyl adjacent to an activating group) is 1. The van der Waals surface area contributed by atoms with Crippen LogP contribution < -0.4 is 16.4 Å². The number of carbonyl (C=O) groups excluding carboxylic acids is 4. The van der Waals surface area contributed by atoms with E-state index in [2.05, 4.69) is 10.6 Å². The van der Waals surface area contributed by atoms with Crippen LogP contribution in [0.5, 0.6) is 0 Å². The quantitative estimate of drug-likeness (QED) is 0.194. The molecule has 282 valence electrons. The van der Waals surface area contributed by atoms with Gasteiger partial charge in [0, 0.05) is 27.8 Å². The standard InChI is InChI=1S/C39H59N5O7/c1-24(2)32(42-38(49)39(5,6)40)37(48)43(7)33(27-17-12-10-13-18-27)30(50-8)23-31(45)44-22-16-21-29(44)35(51-9)25(3)36(47)41-26(4)34(46)28-19-14-11-15-20-28/h10-15,17-20,24-26,29-30,32-35,46H,16,21-23,40H2,1-9H3,(H,41,47)(H,42,49)/t25-,26-,29+,30-,32+,33+,34-,35-/m1/s1. The number of rotatable bonds is 17. The van der Waals surface area contributed by atoms with Crippen molar-refractivity contribution >= 4 is 23.6 Å². The minimum Gasteiger partial charge on any atom is -0.386 e. The third-order valence-electron chi connectivity index (χ3n) is 9.90. The Labute approximate surface area is 303 Å². The van der Waals surface area contributed by atoms with E-state index in [0.29, 0.717) is 18.5 Å². The van der Waals surface area contributed by atoms with E-state index in [9.17, 15) is 24.3 Å². The van der Waals surface area contributed by atoms with Crippen LogP contribution in [0.2, 0.25) is 0 Å². The van der Waals surface area contributed by atoms with Crippen molar-refractivity contribution in [2.24, 2.45) is 17.6 Å². The molecule has 0 radical (unpaired) electrons. The number of aliphatic hydroxyl groups is 1. The van der Waals surface area contributed by atoms with Gasteiger partial charge in [0.05, 0.1) is 54.3 Å². The second-order valence-corrected chi connectivity index (χ2v) is 14.6. The summed E-state index contributed by atoms with van der Waals surface area (Å²) in [5, 5.41) is 16.6. The van der Waals surface area contributed by atoms with Gasteiger partial charge in [0.1, 0.15) is 6.04 Å². The average Bonchev–Trinajstić information content (AvgIpc) is 3.59. The van der Waals surface area contributed by atoms with E-state index in [1.807, 2.05) is 74.5 Å². The van der Waals surface area contributed by atoms with Crippen molar-refractivity contribution in [2.45, 2.75) is 109 Å². The lowest BCUT2D eigenvalue weighted by Gasteiger charge is -2.39. The largest absolute Gasteiger partial charge is 0.386 e. The van der Waals surface area contributed by atoms with Gasteiger partial charge in [-0.15, -0.1) is 0 Å². The molecule has 1 heterocycles. The van der Waals surface area contributed by atoms with Crippen LogP contribution in [0.3, 0.4) is 0 Å². The number of amides is 4. The molecule has 1 aliphatic rings. The molecule has 0 bridgehead atoms. The molecule has 0 aromatic heterocycles. The lowest BCUT2D eigenvalue weighted by molar-refractivity contribution is -0.146. The van der Waals surface area contributed by atoms with Gasteiger partial charge in [-0.1, -0.05) is 81.4 Å². The summed E-state index contributed by atoms with van der Waals surface area (Å²) in [6.07, 6.45) is -0.896. The van der Waals surface area contributed by atoms with Crippen molar-refractivity contribution in [1.82, 2.24) is 20.4 Å². The zero-order valence-corrected chi connectivity index (χ0v) is 31.7. The Kier molecular flexibility index (Phi) is 15.2. The number of likely N-dealkylation sites (tertiary alicyclic amines) is 1. The van der Waals surface area contributed by atoms with Gasteiger partial charge >= 0.3 is 0 Å². The summed E-state index contributed by atoms with van der Waals surface area (Å²) in [6.45, 7) is 10.9. The number of hydrogen-bond donors (Lipinski definition) is 4. The Morgan fingerprint density at radius 1 is 0.941 bits per heavy atom. The Balaban J connectivity index is 1.81. The van der Waals surface area contributed by atoms with Crippen LogP contribution in [-0.2, 0) is 28.7 Å². The highest BCUT2D eigenvalue weighted by atomic mass is 16.5. The number of carbonyl (C=O) groups is 4. The highest BCUT2D eigenvalue weighted by Gasteiger charge is 2.43. The fourth-order valence-electron chi connectivity index (χ4n) is 6.81. The summed E-state index contributed by atoms with van der Waals surface area (Å²) < 4.78 is 11.9. The van der Waals surface area contributed by atoms with E-state index < -0.39 is 53.8 Å². The van der Waals surface area contributed by atoms with Crippen LogP contribution in [-0.4, -0.2) is 102 Å². The number of hydrogen-bond acceptors (Lipinski definition) is 8. The monoisotopic (exact) mass is 709 g/mol. The summed E-state index contributed by atoms with van der Waals surface area (Å²) in [5.74, 6) is -2.13. The lowest BCUT2D eigenvalue weighted by Crippen LogP contribution is -2.58. The summed E-state index contributed by atoms with van der Waals surface area (Å²) in [4.78, 5) is 57.9. The van der Waals surface area contributed by atoms with Crippen molar-refractivity contribution in [3.05, 3.63) is 71.8 Å². The molecule has 5 N–H and O–H groups in total. The first-order chi connectivity index (χ1) is 24.0. The van der Waals surface area contributed by atoms with Crippen LogP contribution >= 0.6 is 0 Å². The predicted octanol–water partition coefficient (Wildman–Crippen LogP) is 3.35. The summed E-state index contributed by atoms with van der Waals surface area (Å²) >= 11 is 0. The van der Waals surface area contributed by atoms with E-state index >= 15 is 0 Å². The van der Waals surface area contributed by atoms with Gasteiger partial charge in [0.25, 0.3) is 0 Å². The third-order valence-corrected chi connectivity index (χ3v) is 9.90. The van der Waals surface area contributed by atoms with Crippen molar-refractivity contribution in [2.75, 3.05) is 27.8 Å².